The maximum absolute atomic E-state index is 13.1. The Balaban J connectivity index is 1.87. The van der Waals surface area contributed by atoms with Gasteiger partial charge in [-0.2, -0.15) is 0 Å². The van der Waals surface area contributed by atoms with Crippen LogP contribution >= 0.6 is 11.3 Å². The van der Waals surface area contributed by atoms with Crippen molar-refractivity contribution >= 4 is 34.0 Å². The summed E-state index contributed by atoms with van der Waals surface area (Å²) in [4.78, 5) is 37.6. The first kappa shape index (κ1) is 18.3. The van der Waals surface area contributed by atoms with Gasteiger partial charge in [-0.3, -0.25) is 14.4 Å². The number of thiophene rings is 1. The van der Waals surface area contributed by atoms with Gasteiger partial charge >= 0.3 is 5.97 Å². The van der Waals surface area contributed by atoms with E-state index in [0.717, 1.165) is 36.1 Å². The zero-order valence-corrected chi connectivity index (χ0v) is 15.5. The van der Waals surface area contributed by atoms with Crippen LogP contribution < -0.4 is 5.32 Å². The molecule has 6 heteroatoms. The van der Waals surface area contributed by atoms with Crippen molar-refractivity contribution < 1.29 is 19.1 Å². The van der Waals surface area contributed by atoms with E-state index in [1.807, 2.05) is 18.2 Å². The van der Waals surface area contributed by atoms with Crippen LogP contribution in [-0.4, -0.2) is 24.3 Å². The van der Waals surface area contributed by atoms with E-state index in [1.165, 1.54) is 11.3 Å². The van der Waals surface area contributed by atoms with Gasteiger partial charge in [-0.15, -0.1) is 11.3 Å². The molecule has 1 heterocycles. The zero-order chi connectivity index (χ0) is 18.5. The monoisotopic (exact) mass is 371 g/mol. The minimum Gasteiger partial charge on any atom is -0.456 e. The molecule has 1 amide bonds. The number of ether oxygens (including phenoxy) is 1. The lowest BCUT2D eigenvalue weighted by Gasteiger charge is -2.12. The summed E-state index contributed by atoms with van der Waals surface area (Å²) in [5.74, 6) is -0.926. The molecule has 0 aliphatic heterocycles. The van der Waals surface area contributed by atoms with Gasteiger partial charge in [0.05, 0.1) is 5.56 Å². The summed E-state index contributed by atoms with van der Waals surface area (Å²) in [5.41, 5.74) is 2.24. The average molecular weight is 371 g/mol. The smallest absolute Gasteiger partial charge is 0.306 e. The molecule has 1 aromatic heterocycles. The van der Waals surface area contributed by atoms with Gasteiger partial charge in [0.15, 0.2) is 12.4 Å². The van der Waals surface area contributed by atoms with Crippen LogP contribution in [0, 0.1) is 0 Å². The van der Waals surface area contributed by atoms with Gasteiger partial charge < -0.3 is 10.1 Å². The third kappa shape index (κ3) is 4.02. The summed E-state index contributed by atoms with van der Waals surface area (Å²) in [6.07, 6.45) is 4.13. The summed E-state index contributed by atoms with van der Waals surface area (Å²) >= 11 is 1.46. The van der Waals surface area contributed by atoms with Crippen molar-refractivity contribution in [2.24, 2.45) is 0 Å². The molecule has 136 valence electrons. The number of nitrogens with one attached hydrogen (secondary N) is 1. The molecule has 0 spiro atoms. The predicted molar refractivity (Wildman–Crippen MR) is 101 cm³/mol. The number of rotatable bonds is 6. The van der Waals surface area contributed by atoms with E-state index in [4.69, 9.17) is 4.74 Å². The molecular formula is C20H21NO4S. The fraction of sp³-hybridized carbons (Fsp3) is 0.350. The van der Waals surface area contributed by atoms with E-state index in [0.29, 0.717) is 16.1 Å². The van der Waals surface area contributed by atoms with E-state index in [1.54, 1.807) is 19.1 Å². The number of hydrogen-bond acceptors (Lipinski definition) is 5. The minimum atomic E-state index is -0.425. The van der Waals surface area contributed by atoms with Crippen LogP contribution in [0.2, 0.25) is 0 Å². The standard InChI is InChI=1S/C20H21NO4S/c1-2-17(23)25-12-16(22)21-20-18(14-10-6-7-11-15(14)26-20)19(24)13-8-4-3-5-9-13/h3-5,8-9H,2,6-7,10-12H2,1H3,(H,21,22). The Morgan fingerprint density at radius 2 is 1.85 bits per heavy atom. The highest BCUT2D eigenvalue weighted by molar-refractivity contribution is 7.17. The molecule has 0 bridgehead atoms. The number of carbonyl (C=O) groups excluding carboxylic acids is 3. The second kappa shape index (κ2) is 8.27. The highest BCUT2D eigenvalue weighted by atomic mass is 32.1. The van der Waals surface area contributed by atoms with Gasteiger partial charge in [0.1, 0.15) is 5.00 Å². The highest BCUT2D eigenvalue weighted by Gasteiger charge is 2.27. The number of aryl methyl sites for hydroxylation is 1. The second-order valence-electron chi connectivity index (χ2n) is 6.17. The number of benzene rings is 1. The lowest BCUT2D eigenvalue weighted by molar-refractivity contribution is -0.146. The molecule has 0 fully saturated rings. The first-order valence-electron chi connectivity index (χ1n) is 8.80. The SMILES string of the molecule is CCC(=O)OCC(=O)Nc1sc2c(c1C(=O)c1ccccc1)CCCC2. The summed E-state index contributed by atoms with van der Waals surface area (Å²) in [5, 5.41) is 3.34. The van der Waals surface area contributed by atoms with Gasteiger partial charge in [-0.1, -0.05) is 37.3 Å². The van der Waals surface area contributed by atoms with E-state index < -0.39 is 11.9 Å². The summed E-state index contributed by atoms with van der Waals surface area (Å²) in [7, 11) is 0. The van der Waals surface area contributed by atoms with Crippen LogP contribution in [0.25, 0.3) is 0 Å². The van der Waals surface area contributed by atoms with Crippen molar-refractivity contribution in [3.05, 3.63) is 51.9 Å². The van der Waals surface area contributed by atoms with Gasteiger partial charge in [0, 0.05) is 16.9 Å². The van der Waals surface area contributed by atoms with E-state index >= 15 is 0 Å². The molecule has 1 aliphatic rings. The molecule has 0 saturated carbocycles. The molecule has 1 N–H and O–H groups in total. The molecule has 1 aliphatic carbocycles. The van der Waals surface area contributed by atoms with Crippen molar-refractivity contribution in [3.63, 3.8) is 0 Å². The van der Waals surface area contributed by atoms with Crippen molar-refractivity contribution in [2.45, 2.75) is 39.0 Å². The molecule has 26 heavy (non-hydrogen) atoms. The molecule has 5 nitrogen and oxygen atoms in total. The highest BCUT2D eigenvalue weighted by Crippen LogP contribution is 2.39. The summed E-state index contributed by atoms with van der Waals surface area (Å²) < 4.78 is 4.88. The Hall–Kier alpha value is -2.47. The Bertz CT molecular complexity index is 826. The predicted octanol–water partition coefficient (Wildman–Crippen LogP) is 3.75. The fourth-order valence-electron chi connectivity index (χ4n) is 3.04. The maximum Gasteiger partial charge on any atom is 0.306 e. The number of carbonyl (C=O) groups is 3. The molecule has 0 saturated heterocycles. The molecule has 3 rings (SSSR count). The number of amides is 1. The molecule has 0 atom stereocenters. The number of anilines is 1. The molecule has 2 aromatic rings. The van der Waals surface area contributed by atoms with Crippen LogP contribution in [0.15, 0.2) is 30.3 Å². The van der Waals surface area contributed by atoms with Gasteiger partial charge in [-0.25, -0.2) is 0 Å². The first-order valence-corrected chi connectivity index (χ1v) is 9.61. The quantitative estimate of drug-likeness (QED) is 0.620. The van der Waals surface area contributed by atoms with Crippen LogP contribution in [0.3, 0.4) is 0 Å². The Morgan fingerprint density at radius 1 is 1.12 bits per heavy atom. The van der Waals surface area contributed by atoms with Gasteiger partial charge in [0.25, 0.3) is 5.91 Å². The van der Waals surface area contributed by atoms with E-state index in [9.17, 15) is 14.4 Å². The largest absolute Gasteiger partial charge is 0.456 e. The Kier molecular flexibility index (Phi) is 5.83. The van der Waals surface area contributed by atoms with Gasteiger partial charge in [0.2, 0.25) is 0 Å². The summed E-state index contributed by atoms with van der Waals surface area (Å²) in [6.45, 7) is 1.33. The summed E-state index contributed by atoms with van der Waals surface area (Å²) in [6, 6.07) is 9.08. The maximum atomic E-state index is 13.1. The van der Waals surface area contributed by atoms with Crippen LogP contribution in [-0.2, 0) is 27.2 Å². The van der Waals surface area contributed by atoms with Crippen LogP contribution in [0.5, 0.6) is 0 Å². The molecule has 0 radical (unpaired) electrons. The third-order valence-corrected chi connectivity index (χ3v) is 5.55. The van der Waals surface area contributed by atoms with Crippen molar-refractivity contribution in [2.75, 3.05) is 11.9 Å². The number of hydrogen-bond donors (Lipinski definition) is 1. The Labute approximate surface area is 156 Å². The number of ketones is 1. The fourth-order valence-corrected chi connectivity index (χ4v) is 4.34. The zero-order valence-electron chi connectivity index (χ0n) is 14.7. The average Bonchev–Trinajstić information content (AvgIpc) is 3.03. The topological polar surface area (TPSA) is 72.5 Å². The Morgan fingerprint density at radius 3 is 2.58 bits per heavy atom. The van der Waals surface area contributed by atoms with Crippen LogP contribution in [0.4, 0.5) is 5.00 Å². The lowest BCUT2D eigenvalue weighted by Crippen LogP contribution is -2.21. The van der Waals surface area contributed by atoms with E-state index in [-0.39, 0.29) is 18.8 Å². The normalized spacial score (nSPS) is 13.0. The van der Waals surface area contributed by atoms with Crippen molar-refractivity contribution in [1.82, 2.24) is 0 Å². The molecule has 1 aromatic carbocycles. The second-order valence-corrected chi connectivity index (χ2v) is 7.28. The molecule has 0 unspecified atom stereocenters. The van der Waals surface area contributed by atoms with E-state index in [2.05, 4.69) is 5.32 Å². The first-order chi connectivity index (χ1) is 12.6. The third-order valence-electron chi connectivity index (χ3n) is 4.34. The molecular weight excluding hydrogens is 350 g/mol. The minimum absolute atomic E-state index is 0.0779. The van der Waals surface area contributed by atoms with Crippen molar-refractivity contribution in [3.8, 4) is 0 Å². The number of esters is 1. The lowest BCUT2D eigenvalue weighted by atomic mass is 9.92. The number of fused-ring (bicyclic) bond motifs is 1. The van der Waals surface area contributed by atoms with Gasteiger partial charge in [-0.05, 0) is 31.2 Å². The van der Waals surface area contributed by atoms with Crippen LogP contribution in [0.1, 0.15) is 52.5 Å². The van der Waals surface area contributed by atoms with Crippen molar-refractivity contribution in [1.29, 1.82) is 0 Å².